The Bertz CT molecular complexity index is 1350. The Morgan fingerprint density at radius 1 is 1.13 bits per heavy atom. The average molecular weight is 516 g/mol. The van der Waals surface area contributed by atoms with Gasteiger partial charge in [0.1, 0.15) is 11.5 Å². The van der Waals surface area contributed by atoms with Gasteiger partial charge in [0.25, 0.3) is 5.91 Å². The number of ether oxygens (including phenoxy) is 2. The minimum atomic E-state index is -0.477. The maximum atomic E-state index is 14.7. The molecule has 2 aliphatic rings. The molecule has 2 aromatic carbocycles. The highest BCUT2D eigenvalue weighted by Crippen LogP contribution is 2.31. The fraction of sp³-hybridized carbons (Fsp3) is 0.379. The Morgan fingerprint density at radius 3 is 2.66 bits per heavy atom. The third-order valence-corrected chi connectivity index (χ3v) is 7.00. The smallest absolute Gasteiger partial charge is 0.251 e. The summed E-state index contributed by atoms with van der Waals surface area (Å²) in [4.78, 5) is 23.4. The third kappa shape index (κ3) is 6.20. The van der Waals surface area contributed by atoms with Gasteiger partial charge in [-0.25, -0.2) is 14.4 Å². The van der Waals surface area contributed by atoms with Gasteiger partial charge in [-0.2, -0.15) is 5.26 Å². The molecule has 3 aromatic rings. The molecule has 5 rings (SSSR count). The molecular formula is C29H30FN5O3. The second kappa shape index (κ2) is 11.5. The number of carbonyl (C=O) groups excluding carboxylic acids is 1. The maximum Gasteiger partial charge on any atom is 0.251 e. The van der Waals surface area contributed by atoms with Crippen molar-refractivity contribution in [2.45, 2.75) is 25.7 Å². The predicted molar refractivity (Wildman–Crippen MR) is 141 cm³/mol. The molecule has 1 saturated carbocycles. The van der Waals surface area contributed by atoms with Crippen LogP contribution in [-0.2, 0) is 0 Å². The van der Waals surface area contributed by atoms with E-state index in [4.69, 9.17) is 14.7 Å². The predicted octanol–water partition coefficient (Wildman–Crippen LogP) is 4.60. The summed E-state index contributed by atoms with van der Waals surface area (Å²) in [5.41, 5.74) is 1.67. The number of rotatable bonds is 9. The molecule has 1 aliphatic carbocycles. The SMILES string of the molecule is COc1cc(OCC2CC2)cc(C(=O)NCC2CCN(c3nc(-c4cccc(C#N)c4)ncc3F)CC2)c1. The van der Waals surface area contributed by atoms with Crippen LogP contribution < -0.4 is 19.7 Å². The number of carbonyl (C=O) groups is 1. The van der Waals surface area contributed by atoms with Gasteiger partial charge in [0, 0.05) is 36.8 Å². The summed E-state index contributed by atoms with van der Waals surface area (Å²) >= 11 is 0. The molecule has 0 unspecified atom stereocenters. The second-order valence-electron chi connectivity index (χ2n) is 9.85. The zero-order chi connectivity index (χ0) is 26.5. The zero-order valence-electron chi connectivity index (χ0n) is 21.3. The number of methoxy groups -OCH3 is 1. The van der Waals surface area contributed by atoms with Crippen LogP contribution in [-0.4, -0.2) is 49.2 Å². The van der Waals surface area contributed by atoms with Gasteiger partial charge < -0.3 is 19.7 Å². The fourth-order valence-electron chi connectivity index (χ4n) is 4.54. The van der Waals surface area contributed by atoms with Crippen LogP contribution in [0.25, 0.3) is 11.4 Å². The number of hydrogen-bond donors (Lipinski definition) is 1. The van der Waals surface area contributed by atoms with Crippen molar-refractivity contribution >= 4 is 11.7 Å². The van der Waals surface area contributed by atoms with Crippen LogP contribution in [0.5, 0.6) is 11.5 Å². The molecule has 1 aliphatic heterocycles. The largest absolute Gasteiger partial charge is 0.497 e. The summed E-state index contributed by atoms with van der Waals surface area (Å²) in [5.74, 6) is 2.09. The summed E-state index contributed by atoms with van der Waals surface area (Å²) in [6.45, 7) is 2.42. The fourth-order valence-corrected chi connectivity index (χ4v) is 4.54. The van der Waals surface area contributed by atoms with Crippen molar-refractivity contribution in [2.24, 2.45) is 11.8 Å². The molecule has 1 N–H and O–H groups in total. The Balaban J connectivity index is 1.17. The Hall–Kier alpha value is -4.19. The number of piperidine rings is 1. The lowest BCUT2D eigenvalue weighted by atomic mass is 9.96. The van der Waals surface area contributed by atoms with E-state index in [2.05, 4.69) is 21.4 Å². The quantitative estimate of drug-likeness (QED) is 0.445. The molecule has 2 heterocycles. The van der Waals surface area contributed by atoms with Crippen molar-refractivity contribution in [3.63, 3.8) is 0 Å². The van der Waals surface area contributed by atoms with Crippen molar-refractivity contribution in [2.75, 3.05) is 38.3 Å². The highest BCUT2D eigenvalue weighted by Gasteiger charge is 2.25. The third-order valence-electron chi connectivity index (χ3n) is 7.00. The van der Waals surface area contributed by atoms with Crippen LogP contribution in [0.15, 0.2) is 48.7 Å². The van der Waals surface area contributed by atoms with Gasteiger partial charge >= 0.3 is 0 Å². The number of hydrogen-bond acceptors (Lipinski definition) is 7. The van der Waals surface area contributed by atoms with Crippen molar-refractivity contribution in [3.8, 4) is 29.0 Å². The van der Waals surface area contributed by atoms with Crippen LogP contribution in [0.1, 0.15) is 41.6 Å². The second-order valence-corrected chi connectivity index (χ2v) is 9.85. The summed E-state index contributed by atoms with van der Waals surface area (Å²) < 4.78 is 25.9. The van der Waals surface area contributed by atoms with E-state index in [9.17, 15) is 9.18 Å². The molecule has 0 spiro atoms. The summed E-state index contributed by atoms with van der Waals surface area (Å²) in [6.07, 6.45) is 5.14. The first-order valence-corrected chi connectivity index (χ1v) is 12.9. The van der Waals surface area contributed by atoms with Gasteiger partial charge in [-0.1, -0.05) is 12.1 Å². The number of benzene rings is 2. The maximum absolute atomic E-state index is 14.7. The molecule has 1 aromatic heterocycles. The minimum Gasteiger partial charge on any atom is -0.497 e. The van der Waals surface area contributed by atoms with Crippen molar-refractivity contribution in [1.82, 2.24) is 15.3 Å². The number of nitrogens with zero attached hydrogens (tertiary/aromatic N) is 4. The van der Waals surface area contributed by atoms with Gasteiger partial charge in [0.15, 0.2) is 17.5 Å². The molecule has 9 heteroatoms. The highest BCUT2D eigenvalue weighted by atomic mass is 19.1. The number of nitriles is 1. The summed E-state index contributed by atoms with van der Waals surface area (Å²) in [6, 6.07) is 14.3. The van der Waals surface area contributed by atoms with Crippen LogP contribution in [0.3, 0.4) is 0 Å². The highest BCUT2D eigenvalue weighted by molar-refractivity contribution is 5.95. The molecule has 196 valence electrons. The van der Waals surface area contributed by atoms with Gasteiger partial charge in [-0.05, 0) is 61.8 Å². The Morgan fingerprint density at radius 2 is 1.92 bits per heavy atom. The lowest BCUT2D eigenvalue weighted by Gasteiger charge is -2.33. The van der Waals surface area contributed by atoms with Crippen molar-refractivity contribution in [3.05, 3.63) is 65.6 Å². The normalized spacial score (nSPS) is 15.6. The molecule has 0 radical (unpaired) electrons. The molecule has 1 amide bonds. The van der Waals surface area contributed by atoms with Gasteiger partial charge in [0.2, 0.25) is 0 Å². The molecule has 1 saturated heterocycles. The number of halogens is 1. The molecule has 38 heavy (non-hydrogen) atoms. The Kier molecular flexibility index (Phi) is 7.68. The number of amides is 1. The lowest BCUT2D eigenvalue weighted by molar-refractivity contribution is 0.0944. The number of nitrogens with one attached hydrogen (secondary N) is 1. The molecule has 0 bridgehead atoms. The van der Waals surface area contributed by atoms with E-state index < -0.39 is 5.82 Å². The first-order valence-electron chi connectivity index (χ1n) is 12.9. The molecule has 8 nitrogen and oxygen atoms in total. The zero-order valence-corrected chi connectivity index (χ0v) is 21.3. The minimum absolute atomic E-state index is 0.173. The molecular weight excluding hydrogens is 485 g/mol. The van der Waals surface area contributed by atoms with Gasteiger partial charge in [0.05, 0.1) is 31.5 Å². The lowest BCUT2D eigenvalue weighted by Crippen LogP contribution is -2.39. The van der Waals surface area contributed by atoms with Crippen LogP contribution >= 0.6 is 0 Å². The topological polar surface area (TPSA) is 100 Å². The molecule has 2 fully saturated rings. The first-order chi connectivity index (χ1) is 18.5. The van der Waals surface area contributed by atoms with E-state index in [-0.39, 0.29) is 17.6 Å². The summed E-state index contributed by atoms with van der Waals surface area (Å²) in [5, 5.41) is 12.2. The van der Waals surface area contributed by atoms with E-state index in [1.807, 2.05) is 4.90 Å². The van der Waals surface area contributed by atoms with Crippen LogP contribution in [0.4, 0.5) is 10.2 Å². The van der Waals surface area contributed by atoms with E-state index in [1.54, 1.807) is 49.6 Å². The number of aromatic nitrogens is 2. The van der Waals surface area contributed by atoms with Gasteiger partial charge in [-0.15, -0.1) is 0 Å². The van der Waals surface area contributed by atoms with E-state index in [1.165, 1.54) is 19.0 Å². The summed E-state index contributed by atoms with van der Waals surface area (Å²) in [7, 11) is 1.57. The van der Waals surface area contributed by atoms with Crippen molar-refractivity contribution < 1.29 is 18.7 Å². The van der Waals surface area contributed by atoms with E-state index in [0.717, 1.165) is 12.8 Å². The standard InChI is InChI=1S/C29H30FN5O3/c1-37-24-12-23(13-25(14-24)38-18-20-5-6-20)29(36)33-16-19-7-9-35(10-8-19)28-26(30)17-32-27(34-28)22-4-2-3-21(11-22)15-31/h2-4,11-14,17,19-20H,5-10,16,18H2,1H3,(H,33,36). The van der Waals surface area contributed by atoms with Crippen molar-refractivity contribution in [1.29, 1.82) is 5.26 Å². The van der Waals surface area contributed by atoms with Gasteiger partial charge in [-0.3, -0.25) is 4.79 Å². The molecule has 0 atom stereocenters. The van der Waals surface area contributed by atoms with E-state index in [0.29, 0.717) is 66.2 Å². The Labute approximate surface area is 221 Å². The monoisotopic (exact) mass is 515 g/mol. The van der Waals surface area contributed by atoms with Crippen LogP contribution in [0, 0.1) is 29.0 Å². The van der Waals surface area contributed by atoms with E-state index >= 15 is 0 Å². The first kappa shape index (κ1) is 25.5. The average Bonchev–Trinajstić information content (AvgIpc) is 3.80. The van der Waals surface area contributed by atoms with Crippen LogP contribution in [0.2, 0.25) is 0 Å². The number of anilines is 1.